The summed E-state index contributed by atoms with van der Waals surface area (Å²) >= 11 is 1.39. The molecule has 6 nitrogen and oxygen atoms in total. The Kier molecular flexibility index (Phi) is 7.24. The van der Waals surface area contributed by atoms with Crippen LogP contribution in [0.1, 0.15) is 66.2 Å². The first-order valence-electron chi connectivity index (χ1n) is 11.5. The third kappa shape index (κ3) is 5.98. The second kappa shape index (κ2) is 10.3. The van der Waals surface area contributed by atoms with E-state index >= 15 is 0 Å². The first kappa shape index (κ1) is 23.9. The Morgan fingerprint density at radius 3 is 2.35 bits per heavy atom. The van der Waals surface area contributed by atoms with Crippen molar-refractivity contribution in [3.8, 4) is 0 Å². The summed E-state index contributed by atoms with van der Waals surface area (Å²) < 4.78 is 1.77. The summed E-state index contributed by atoms with van der Waals surface area (Å²) in [6, 6.07) is 22.0. The number of nitrogens with two attached hydrogens (primary N) is 1. The second-order valence-electron chi connectivity index (χ2n) is 9.47. The van der Waals surface area contributed by atoms with Crippen LogP contribution < -0.4 is 11.1 Å². The molecule has 2 aromatic carbocycles. The maximum atomic E-state index is 13.2. The SMILES string of the molecule is CC(C)(C)c1cc(C(=O)Nc2nc(C(N)CCc3ccccc3)cs2)n(Cc2ccccc2)n1. The fourth-order valence-corrected chi connectivity index (χ4v) is 4.40. The number of amides is 1. The van der Waals surface area contributed by atoms with Gasteiger partial charge in [0.2, 0.25) is 0 Å². The van der Waals surface area contributed by atoms with Crippen molar-refractivity contribution in [2.45, 2.75) is 51.6 Å². The van der Waals surface area contributed by atoms with Gasteiger partial charge in [-0.25, -0.2) is 4.98 Å². The quantitative estimate of drug-likeness (QED) is 0.350. The van der Waals surface area contributed by atoms with E-state index in [2.05, 4.69) is 43.2 Å². The van der Waals surface area contributed by atoms with Crippen molar-refractivity contribution in [3.63, 3.8) is 0 Å². The van der Waals surface area contributed by atoms with Gasteiger partial charge in [0.25, 0.3) is 5.91 Å². The van der Waals surface area contributed by atoms with Crippen LogP contribution in [0.2, 0.25) is 0 Å². The molecule has 2 heterocycles. The number of rotatable bonds is 8. The molecule has 4 aromatic rings. The largest absolute Gasteiger partial charge is 0.323 e. The molecule has 2 aromatic heterocycles. The van der Waals surface area contributed by atoms with E-state index in [9.17, 15) is 4.79 Å². The maximum absolute atomic E-state index is 13.2. The Balaban J connectivity index is 1.47. The molecule has 0 saturated heterocycles. The summed E-state index contributed by atoms with van der Waals surface area (Å²) in [7, 11) is 0. The van der Waals surface area contributed by atoms with E-state index in [1.807, 2.05) is 60.0 Å². The lowest BCUT2D eigenvalue weighted by Gasteiger charge is -2.14. The molecule has 0 bridgehead atoms. The van der Waals surface area contributed by atoms with Gasteiger partial charge < -0.3 is 5.73 Å². The number of nitrogens with one attached hydrogen (secondary N) is 1. The molecule has 0 saturated carbocycles. The Bertz CT molecular complexity index is 1220. The van der Waals surface area contributed by atoms with Crippen LogP contribution in [0.25, 0.3) is 0 Å². The molecule has 0 radical (unpaired) electrons. The summed E-state index contributed by atoms with van der Waals surface area (Å²) in [5, 5.41) is 10.2. The highest BCUT2D eigenvalue weighted by atomic mass is 32.1. The third-order valence-corrected chi connectivity index (χ3v) is 6.44. The minimum atomic E-state index is -0.224. The van der Waals surface area contributed by atoms with E-state index in [1.165, 1.54) is 16.9 Å². The summed E-state index contributed by atoms with van der Waals surface area (Å²) in [6.07, 6.45) is 1.68. The normalized spacial score (nSPS) is 12.5. The highest BCUT2D eigenvalue weighted by Crippen LogP contribution is 2.25. The van der Waals surface area contributed by atoms with E-state index in [0.29, 0.717) is 17.4 Å². The summed E-state index contributed by atoms with van der Waals surface area (Å²) in [4.78, 5) is 17.8. The molecule has 1 atom stereocenters. The van der Waals surface area contributed by atoms with Gasteiger partial charge in [-0.1, -0.05) is 81.4 Å². The molecule has 1 amide bonds. The van der Waals surface area contributed by atoms with Gasteiger partial charge in [0.15, 0.2) is 5.13 Å². The number of hydrogen-bond donors (Lipinski definition) is 2. The van der Waals surface area contributed by atoms with Crippen LogP contribution in [-0.2, 0) is 18.4 Å². The second-order valence-corrected chi connectivity index (χ2v) is 10.3. The van der Waals surface area contributed by atoms with E-state index in [1.54, 1.807) is 4.68 Å². The first-order chi connectivity index (χ1) is 16.3. The zero-order chi connectivity index (χ0) is 24.1. The predicted molar refractivity (Wildman–Crippen MR) is 138 cm³/mol. The van der Waals surface area contributed by atoms with Crippen LogP contribution in [0.5, 0.6) is 0 Å². The Labute approximate surface area is 204 Å². The van der Waals surface area contributed by atoms with E-state index in [0.717, 1.165) is 29.8 Å². The molecular weight excluding hydrogens is 442 g/mol. The van der Waals surface area contributed by atoms with E-state index < -0.39 is 0 Å². The fraction of sp³-hybridized carbons (Fsp3) is 0.296. The number of aromatic nitrogens is 3. The van der Waals surface area contributed by atoms with Crippen LogP contribution in [0.3, 0.4) is 0 Å². The zero-order valence-corrected chi connectivity index (χ0v) is 20.7. The fourth-order valence-electron chi connectivity index (χ4n) is 3.63. The summed E-state index contributed by atoms with van der Waals surface area (Å²) in [5.74, 6) is -0.224. The molecule has 0 aliphatic rings. The molecule has 176 valence electrons. The van der Waals surface area contributed by atoms with Gasteiger partial charge in [-0.15, -0.1) is 11.3 Å². The van der Waals surface area contributed by atoms with Crippen LogP contribution in [0.4, 0.5) is 5.13 Å². The molecule has 7 heteroatoms. The highest BCUT2D eigenvalue weighted by Gasteiger charge is 2.24. The maximum Gasteiger partial charge on any atom is 0.275 e. The Hall–Kier alpha value is -3.29. The molecule has 0 fully saturated rings. The van der Waals surface area contributed by atoms with Gasteiger partial charge >= 0.3 is 0 Å². The Morgan fingerprint density at radius 2 is 1.71 bits per heavy atom. The van der Waals surface area contributed by atoms with Crippen molar-refractivity contribution in [2.75, 3.05) is 5.32 Å². The number of anilines is 1. The van der Waals surface area contributed by atoms with E-state index in [4.69, 9.17) is 10.8 Å². The van der Waals surface area contributed by atoms with Gasteiger partial charge in [0.1, 0.15) is 5.69 Å². The van der Waals surface area contributed by atoms with Crippen molar-refractivity contribution in [1.82, 2.24) is 14.8 Å². The zero-order valence-electron chi connectivity index (χ0n) is 19.9. The number of thiazole rings is 1. The average molecular weight is 474 g/mol. The molecule has 0 aliphatic heterocycles. The van der Waals surface area contributed by atoms with Gasteiger partial charge in [-0.3, -0.25) is 14.8 Å². The average Bonchev–Trinajstić information content (AvgIpc) is 3.46. The number of aryl methyl sites for hydroxylation is 1. The van der Waals surface area contributed by atoms with Crippen molar-refractivity contribution < 1.29 is 4.79 Å². The minimum absolute atomic E-state index is 0.170. The van der Waals surface area contributed by atoms with E-state index in [-0.39, 0.29) is 17.4 Å². The topological polar surface area (TPSA) is 85.8 Å². The number of carbonyl (C=O) groups excluding carboxylic acids is 1. The van der Waals surface area contributed by atoms with Crippen LogP contribution in [-0.4, -0.2) is 20.7 Å². The van der Waals surface area contributed by atoms with Crippen LogP contribution >= 0.6 is 11.3 Å². The van der Waals surface area contributed by atoms with Gasteiger partial charge in [0, 0.05) is 16.8 Å². The van der Waals surface area contributed by atoms with Crippen LogP contribution in [0.15, 0.2) is 72.1 Å². The van der Waals surface area contributed by atoms with Crippen molar-refractivity contribution in [1.29, 1.82) is 0 Å². The Morgan fingerprint density at radius 1 is 1.06 bits per heavy atom. The first-order valence-corrected chi connectivity index (χ1v) is 12.4. The number of carbonyl (C=O) groups is 1. The molecular formula is C27H31N5OS. The number of benzene rings is 2. The van der Waals surface area contributed by atoms with Gasteiger partial charge in [0.05, 0.1) is 17.9 Å². The highest BCUT2D eigenvalue weighted by molar-refractivity contribution is 7.14. The molecule has 3 N–H and O–H groups in total. The molecule has 0 aliphatic carbocycles. The standard InChI is InChI=1S/C27H31N5OS/c1-27(2,3)24-16-23(32(31-24)17-20-12-8-5-9-13-20)25(33)30-26-29-22(18-34-26)21(28)15-14-19-10-6-4-7-11-19/h4-13,16,18,21H,14-15,17,28H2,1-3H3,(H,29,30,33). The monoisotopic (exact) mass is 473 g/mol. The summed E-state index contributed by atoms with van der Waals surface area (Å²) in [5.41, 5.74) is 10.7. The van der Waals surface area contributed by atoms with Crippen molar-refractivity contribution in [2.24, 2.45) is 5.73 Å². The lowest BCUT2D eigenvalue weighted by molar-refractivity contribution is 0.101. The molecule has 1 unspecified atom stereocenters. The van der Waals surface area contributed by atoms with Gasteiger partial charge in [-0.2, -0.15) is 5.10 Å². The number of nitrogens with zero attached hydrogens (tertiary/aromatic N) is 3. The van der Waals surface area contributed by atoms with Gasteiger partial charge in [-0.05, 0) is 30.0 Å². The molecule has 0 spiro atoms. The lowest BCUT2D eigenvalue weighted by Crippen LogP contribution is -2.18. The smallest absolute Gasteiger partial charge is 0.275 e. The number of hydrogen-bond acceptors (Lipinski definition) is 5. The summed E-state index contributed by atoms with van der Waals surface area (Å²) in [6.45, 7) is 6.79. The van der Waals surface area contributed by atoms with Crippen molar-refractivity contribution >= 4 is 22.4 Å². The minimum Gasteiger partial charge on any atom is -0.323 e. The van der Waals surface area contributed by atoms with Crippen LogP contribution in [0, 0.1) is 0 Å². The predicted octanol–water partition coefficient (Wildman–Crippen LogP) is 5.57. The third-order valence-electron chi connectivity index (χ3n) is 5.67. The molecule has 34 heavy (non-hydrogen) atoms. The lowest BCUT2D eigenvalue weighted by atomic mass is 9.92. The van der Waals surface area contributed by atoms with Crippen molar-refractivity contribution in [3.05, 3.63) is 100 Å². The molecule has 4 rings (SSSR count).